The lowest BCUT2D eigenvalue weighted by molar-refractivity contribution is 0.584. The van der Waals surface area contributed by atoms with E-state index in [0.717, 1.165) is 35.5 Å². The van der Waals surface area contributed by atoms with E-state index in [2.05, 4.69) is 23.3 Å². The molecule has 0 aliphatic heterocycles. The van der Waals surface area contributed by atoms with Crippen LogP contribution in [0.1, 0.15) is 18.9 Å². The maximum absolute atomic E-state index is 5.90. The largest absolute Gasteiger partial charge is 0.398 e. The molecular weight excluding hydrogens is 200 g/mol. The van der Waals surface area contributed by atoms with Crippen molar-refractivity contribution in [3.63, 3.8) is 0 Å². The van der Waals surface area contributed by atoms with Crippen LogP contribution in [0.5, 0.6) is 0 Å². The summed E-state index contributed by atoms with van der Waals surface area (Å²) in [6.07, 6.45) is 2.82. The van der Waals surface area contributed by atoms with Gasteiger partial charge in [-0.05, 0) is 25.0 Å². The minimum Gasteiger partial charge on any atom is -0.398 e. The van der Waals surface area contributed by atoms with E-state index in [1.165, 1.54) is 0 Å². The average Bonchev–Trinajstić information content (AvgIpc) is 2.71. The number of nitrogens with two attached hydrogens (primary N) is 1. The van der Waals surface area contributed by atoms with Crippen molar-refractivity contribution < 1.29 is 0 Å². The molecule has 84 valence electrons. The highest BCUT2D eigenvalue weighted by Gasteiger charge is 2.06. The molecule has 1 aromatic heterocycles. The maximum atomic E-state index is 5.90. The fourth-order valence-electron chi connectivity index (χ4n) is 1.66. The van der Waals surface area contributed by atoms with Gasteiger partial charge in [0.2, 0.25) is 0 Å². The molecule has 2 aromatic rings. The number of hydrogen-bond acceptors (Lipinski definition) is 3. The number of nitrogens with zero attached hydrogens (tertiary/aromatic N) is 3. The van der Waals surface area contributed by atoms with E-state index in [9.17, 15) is 0 Å². The van der Waals surface area contributed by atoms with Crippen molar-refractivity contribution in [1.29, 1.82) is 0 Å². The Morgan fingerprint density at radius 1 is 1.38 bits per heavy atom. The van der Waals surface area contributed by atoms with Crippen LogP contribution in [0.4, 0.5) is 5.69 Å². The summed E-state index contributed by atoms with van der Waals surface area (Å²) in [6, 6.07) is 6.05. The molecule has 1 heterocycles. The summed E-state index contributed by atoms with van der Waals surface area (Å²) >= 11 is 0. The monoisotopic (exact) mass is 216 g/mol. The van der Waals surface area contributed by atoms with Crippen molar-refractivity contribution in [3.05, 3.63) is 30.0 Å². The van der Waals surface area contributed by atoms with Gasteiger partial charge in [0.25, 0.3) is 0 Å². The first kappa shape index (κ1) is 10.7. The van der Waals surface area contributed by atoms with Crippen molar-refractivity contribution in [3.8, 4) is 11.3 Å². The number of rotatable bonds is 3. The summed E-state index contributed by atoms with van der Waals surface area (Å²) in [5.41, 5.74) is 9.90. The third-order valence-electron chi connectivity index (χ3n) is 2.63. The molecule has 4 heteroatoms. The lowest BCUT2D eigenvalue weighted by Crippen LogP contribution is -2.02. The van der Waals surface area contributed by atoms with E-state index in [-0.39, 0.29) is 0 Å². The average molecular weight is 216 g/mol. The molecule has 0 saturated heterocycles. The van der Waals surface area contributed by atoms with Crippen LogP contribution in [-0.2, 0) is 6.54 Å². The molecule has 0 amide bonds. The summed E-state index contributed by atoms with van der Waals surface area (Å²) in [6.45, 7) is 5.00. The minimum absolute atomic E-state index is 0.807. The molecule has 0 spiro atoms. The number of nitrogen functional groups attached to an aromatic ring is 1. The van der Waals surface area contributed by atoms with Gasteiger partial charge in [-0.1, -0.05) is 24.3 Å². The molecule has 0 aliphatic rings. The van der Waals surface area contributed by atoms with Crippen molar-refractivity contribution in [2.75, 3.05) is 5.73 Å². The molecule has 0 atom stereocenters. The predicted octanol–water partition coefficient (Wildman–Crippen LogP) is 2.25. The van der Waals surface area contributed by atoms with Gasteiger partial charge in [-0.25, -0.2) is 4.68 Å². The highest BCUT2D eigenvalue weighted by atomic mass is 15.4. The molecule has 0 aliphatic carbocycles. The molecule has 0 bridgehead atoms. The fourth-order valence-corrected chi connectivity index (χ4v) is 1.66. The van der Waals surface area contributed by atoms with E-state index in [1.54, 1.807) is 6.20 Å². The second kappa shape index (κ2) is 4.35. The van der Waals surface area contributed by atoms with Crippen LogP contribution in [0, 0.1) is 6.92 Å². The Hall–Kier alpha value is -1.84. The molecule has 2 N–H and O–H groups in total. The van der Waals surface area contributed by atoms with Gasteiger partial charge in [0.05, 0.1) is 11.9 Å². The van der Waals surface area contributed by atoms with Crippen LogP contribution in [0.3, 0.4) is 0 Å². The SMILES string of the molecule is CCCn1nncc1-c1ccc(C)c(N)c1. The van der Waals surface area contributed by atoms with Gasteiger partial charge >= 0.3 is 0 Å². The Bertz CT molecular complexity index is 488. The zero-order valence-electron chi connectivity index (χ0n) is 9.64. The van der Waals surface area contributed by atoms with Crippen LogP contribution in [0.2, 0.25) is 0 Å². The van der Waals surface area contributed by atoms with Crippen molar-refractivity contribution in [1.82, 2.24) is 15.0 Å². The van der Waals surface area contributed by atoms with Gasteiger partial charge in [0, 0.05) is 17.8 Å². The third-order valence-corrected chi connectivity index (χ3v) is 2.63. The fraction of sp³-hybridized carbons (Fsp3) is 0.333. The Kier molecular flexibility index (Phi) is 2.90. The standard InChI is InChI=1S/C12H16N4/c1-3-6-16-12(8-14-15-16)10-5-4-9(2)11(13)7-10/h4-5,7-8H,3,6,13H2,1-2H3. The van der Waals surface area contributed by atoms with Crippen LogP contribution in [-0.4, -0.2) is 15.0 Å². The summed E-state index contributed by atoms with van der Waals surface area (Å²) in [5, 5.41) is 8.00. The molecule has 16 heavy (non-hydrogen) atoms. The lowest BCUT2D eigenvalue weighted by atomic mass is 10.1. The van der Waals surface area contributed by atoms with Gasteiger partial charge in [-0.15, -0.1) is 5.10 Å². The minimum atomic E-state index is 0.807. The van der Waals surface area contributed by atoms with Crippen molar-refractivity contribution in [2.45, 2.75) is 26.8 Å². The Balaban J connectivity index is 2.42. The smallest absolute Gasteiger partial charge is 0.0886 e. The number of anilines is 1. The molecule has 0 saturated carbocycles. The van der Waals surface area contributed by atoms with Gasteiger partial charge in [0.15, 0.2) is 0 Å². The quantitative estimate of drug-likeness (QED) is 0.800. The first-order valence-electron chi connectivity index (χ1n) is 5.47. The molecule has 2 rings (SSSR count). The number of benzene rings is 1. The van der Waals surface area contributed by atoms with Crippen LogP contribution in [0.25, 0.3) is 11.3 Å². The Morgan fingerprint density at radius 2 is 2.19 bits per heavy atom. The highest BCUT2D eigenvalue weighted by molar-refractivity contribution is 5.65. The maximum Gasteiger partial charge on any atom is 0.0886 e. The van der Waals surface area contributed by atoms with Gasteiger partial charge in [-0.2, -0.15) is 0 Å². The van der Waals surface area contributed by atoms with Crippen LogP contribution < -0.4 is 5.73 Å². The molecule has 4 nitrogen and oxygen atoms in total. The van der Waals surface area contributed by atoms with Gasteiger partial charge < -0.3 is 5.73 Å². The van der Waals surface area contributed by atoms with E-state index in [4.69, 9.17) is 5.73 Å². The van der Waals surface area contributed by atoms with Crippen molar-refractivity contribution in [2.24, 2.45) is 0 Å². The predicted molar refractivity (Wildman–Crippen MR) is 64.9 cm³/mol. The molecule has 0 radical (unpaired) electrons. The summed E-state index contributed by atoms with van der Waals surface area (Å²) < 4.78 is 1.91. The van der Waals surface area contributed by atoms with Crippen LogP contribution in [0.15, 0.2) is 24.4 Å². The first-order chi connectivity index (χ1) is 7.72. The Morgan fingerprint density at radius 3 is 2.88 bits per heavy atom. The first-order valence-corrected chi connectivity index (χ1v) is 5.47. The molecular formula is C12H16N4. The summed E-state index contributed by atoms with van der Waals surface area (Å²) in [5.74, 6) is 0. The van der Waals surface area contributed by atoms with Crippen molar-refractivity contribution >= 4 is 5.69 Å². The van der Waals surface area contributed by atoms with Gasteiger partial charge in [-0.3, -0.25) is 0 Å². The van der Waals surface area contributed by atoms with Gasteiger partial charge in [0.1, 0.15) is 0 Å². The molecule has 1 aromatic carbocycles. The van der Waals surface area contributed by atoms with E-state index in [1.807, 2.05) is 23.7 Å². The van der Waals surface area contributed by atoms with E-state index < -0.39 is 0 Å². The highest BCUT2D eigenvalue weighted by Crippen LogP contribution is 2.22. The lowest BCUT2D eigenvalue weighted by Gasteiger charge is -2.06. The second-order valence-electron chi connectivity index (χ2n) is 3.91. The van der Waals surface area contributed by atoms with Crippen LogP contribution >= 0.6 is 0 Å². The number of hydrogen-bond donors (Lipinski definition) is 1. The van der Waals surface area contributed by atoms with E-state index in [0.29, 0.717) is 0 Å². The third kappa shape index (κ3) is 1.91. The normalized spacial score (nSPS) is 10.6. The molecule has 0 fully saturated rings. The summed E-state index contributed by atoms with van der Waals surface area (Å²) in [7, 11) is 0. The van der Waals surface area contributed by atoms with E-state index >= 15 is 0 Å². The number of aryl methyl sites for hydroxylation is 2. The Labute approximate surface area is 95.1 Å². The zero-order valence-corrected chi connectivity index (χ0v) is 9.64. The molecule has 0 unspecified atom stereocenters. The summed E-state index contributed by atoms with van der Waals surface area (Å²) in [4.78, 5) is 0. The second-order valence-corrected chi connectivity index (χ2v) is 3.91. The zero-order chi connectivity index (χ0) is 11.5. The number of aromatic nitrogens is 3. The topological polar surface area (TPSA) is 56.7 Å².